The molecule has 0 saturated heterocycles. The highest BCUT2D eigenvalue weighted by molar-refractivity contribution is 6.39. The van der Waals surface area contributed by atoms with Crippen LogP contribution < -0.4 is 15.4 Å². The molecule has 3 aromatic rings. The Morgan fingerprint density at radius 1 is 0.585 bits per heavy atom. The van der Waals surface area contributed by atoms with Crippen molar-refractivity contribution in [1.82, 2.24) is 9.80 Å². The van der Waals surface area contributed by atoms with Gasteiger partial charge in [0.15, 0.2) is 0 Å². The standard InChI is InChI=1S/C20H13Cl2F5N2O3.C14H14Cl2N2O3/c21-7-5-10(19(30)32-18-16(26)14(24)13(23)15(25)17(18)27)12(22)11(6-7)28-20(31)29(8-1-2-8)9-3-4-9;15-7-5-10(13(19)20)12(16)11(6-7)17-14(21)18(8-1-2-8)9-3-4-9/h5-6,8-9H,1-4H2,(H,28,31);5-6,8-9H,1-4H2,(H,17,21)(H,19,20). The van der Waals surface area contributed by atoms with Crippen LogP contribution in [-0.2, 0) is 0 Å². The van der Waals surface area contributed by atoms with Gasteiger partial charge in [0.25, 0.3) is 0 Å². The van der Waals surface area contributed by atoms with Crippen molar-refractivity contribution in [2.75, 3.05) is 10.6 Å². The Kier molecular flexibility index (Phi) is 11.2. The molecule has 0 aliphatic heterocycles. The lowest BCUT2D eigenvalue weighted by atomic mass is 10.2. The quantitative estimate of drug-likeness (QED) is 0.0648. The Morgan fingerprint density at radius 3 is 1.28 bits per heavy atom. The maximum atomic E-state index is 13.8. The van der Waals surface area contributed by atoms with Crippen molar-refractivity contribution < 1.29 is 51.0 Å². The number of aromatic carboxylic acids is 1. The molecule has 0 atom stereocenters. The van der Waals surface area contributed by atoms with E-state index < -0.39 is 58.4 Å². The highest BCUT2D eigenvalue weighted by Crippen LogP contribution is 2.40. The van der Waals surface area contributed by atoms with E-state index >= 15 is 0 Å². The van der Waals surface area contributed by atoms with Crippen LogP contribution in [0.1, 0.15) is 72.1 Å². The second kappa shape index (κ2) is 15.4. The van der Waals surface area contributed by atoms with Gasteiger partial charge in [0.1, 0.15) is 0 Å². The Labute approximate surface area is 318 Å². The van der Waals surface area contributed by atoms with Crippen molar-refractivity contribution in [2.45, 2.75) is 75.5 Å². The van der Waals surface area contributed by atoms with E-state index in [1.165, 1.54) is 18.2 Å². The van der Waals surface area contributed by atoms with Crippen LogP contribution in [0.15, 0.2) is 24.3 Å². The molecule has 0 spiro atoms. The summed E-state index contributed by atoms with van der Waals surface area (Å²) in [7, 11) is 0. The summed E-state index contributed by atoms with van der Waals surface area (Å²) in [6, 6.07) is 5.07. The first kappa shape index (κ1) is 38.7. The van der Waals surface area contributed by atoms with Gasteiger partial charge in [-0.25, -0.2) is 32.3 Å². The number of ether oxygens (including phenoxy) is 1. The van der Waals surface area contributed by atoms with Crippen LogP contribution in [0.3, 0.4) is 0 Å². The van der Waals surface area contributed by atoms with E-state index in [-0.39, 0.29) is 55.1 Å². The SMILES string of the molecule is O=C(O)c1cc(Cl)cc(NC(=O)N(C2CC2)C2CC2)c1Cl.O=C(Oc1c(F)c(F)c(F)c(F)c1F)c1cc(Cl)cc(NC(=O)N(C2CC2)C2CC2)c1Cl. The van der Waals surface area contributed by atoms with Gasteiger partial charge in [-0.1, -0.05) is 46.4 Å². The van der Waals surface area contributed by atoms with E-state index in [0.717, 1.165) is 57.4 Å². The first-order chi connectivity index (χ1) is 25.1. The lowest BCUT2D eigenvalue weighted by molar-refractivity contribution is 0.0693. The number of anilines is 2. The maximum Gasteiger partial charge on any atom is 0.345 e. The summed E-state index contributed by atoms with van der Waals surface area (Å²) in [5, 5.41) is 14.1. The Hall–Kier alpha value is -4.05. The van der Waals surface area contributed by atoms with Crippen LogP contribution in [0.25, 0.3) is 0 Å². The molecule has 0 unspecified atom stereocenters. The fraction of sp³-hybridized carbons (Fsp3) is 0.353. The number of halogens is 9. The number of amides is 4. The Bertz CT molecular complexity index is 1970. The van der Waals surface area contributed by atoms with E-state index in [2.05, 4.69) is 15.4 Å². The summed E-state index contributed by atoms with van der Waals surface area (Å²) < 4.78 is 72.0. The summed E-state index contributed by atoms with van der Waals surface area (Å²) in [5.74, 6) is -16.1. The number of benzene rings is 3. The smallest absolute Gasteiger partial charge is 0.345 e. The number of carbonyl (C=O) groups excluding carboxylic acids is 3. The molecule has 4 aliphatic carbocycles. The Balaban J connectivity index is 0.000000198. The van der Waals surface area contributed by atoms with Gasteiger partial charge in [0.2, 0.25) is 34.8 Å². The fourth-order valence-corrected chi connectivity index (χ4v) is 6.42. The third-order valence-corrected chi connectivity index (χ3v) is 9.85. The van der Waals surface area contributed by atoms with E-state index in [9.17, 15) is 41.1 Å². The van der Waals surface area contributed by atoms with Crippen molar-refractivity contribution in [3.63, 3.8) is 0 Å². The highest BCUT2D eigenvalue weighted by atomic mass is 35.5. The zero-order valence-electron chi connectivity index (χ0n) is 27.1. The summed E-state index contributed by atoms with van der Waals surface area (Å²) in [6.07, 6.45) is 7.56. The first-order valence-corrected chi connectivity index (χ1v) is 17.7. The van der Waals surface area contributed by atoms with Gasteiger partial charge in [-0.2, -0.15) is 8.78 Å². The number of rotatable bonds is 9. The molecule has 7 rings (SSSR count). The fourth-order valence-electron chi connectivity index (χ4n) is 5.52. The summed E-state index contributed by atoms with van der Waals surface area (Å²) in [5.41, 5.74) is -0.524. The van der Waals surface area contributed by atoms with E-state index in [4.69, 9.17) is 51.5 Å². The number of nitrogens with one attached hydrogen (secondary N) is 2. The van der Waals surface area contributed by atoms with Crippen LogP contribution in [0, 0.1) is 29.1 Å². The monoisotopic (exact) mass is 822 g/mol. The lowest BCUT2D eigenvalue weighted by Crippen LogP contribution is -2.38. The molecule has 4 saturated carbocycles. The lowest BCUT2D eigenvalue weighted by Gasteiger charge is -2.23. The predicted molar refractivity (Wildman–Crippen MR) is 185 cm³/mol. The van der Waals surface area contributed by atoms with Gasteiger partial charge in [0.05, 0.1) is 32.5 Å². The number of carboxylic acids is 1. The molecule has 4 amide bonds. The van der Waals surface area contributed by atoms with Crippen LogP contribution in [0.4, 0.5) is 42.9 Å². The molecule has 0 aromatic heterocycles. The number of urea groups is 2. The molecule has 0 heterocycles. The molecule has 3 aromatic carbocycles. The molecular formula is C34H27Cl4F5N4O6. The number of carbonyl (C=O) groups is 4. The largest absolute Gasteiger partial charge is 0.478 e. The van der Waals surface area contributed by atoms with Gasteiger partial charge in [-0.15, -0.1) is 0 Å². The Morgan fingerprint density at radius 2 is 0.925 bits per heavy atom. The molecule has 0 radical (unpaired) electrons. The molecule has 0 bridgehead atoms. The maximum absolute atomic E-state index is 13.8. The van der Waals surface area contributed by atoms with Crippen molar-refractivity contribution in [3.05, 3.63) is 84.6 Å². The van der Waals surface area contributed by atoms with Crippen LogP contribution >= 0.6 is 46.4 Å². The average Bonchev–Trinajstić information content (AvgIpc) is 3.92. The van der Waals surface area contributed by atoms with Crippen LogP contribution in [0.2, 0.25) is 20.1 Å². The van der Waals surface area contributed by atoms with Crippen LogP contribution in [0.5, 0.6) is 5.75 Å². The number of hydrogen-bond donors (Lipinski definition) is 3. The molecule has 4 fully saturated rings. The van der Waals surface area contributed by atoms with Crippen molar-refractivity contribution in [1.29, 1.82) is 0 Å². The number of hydrogen-bond acceptors (Lipinski definition) is 5. The second-order valence-electron chi connectivity index (χ2n) is 12.8. The summed E-state index contributed by atoms with van der Waals surface area (Å²) >= 11 is 24.1. The van der Waals surface area contributed by atoms with Gasteiger partial charge in [-0.3, -0.25) is 0 Å². The molecular weight excluding hydrogens is 797 g/mol. The highest BCUT2D eigenvalue weighted by Gasteiger charge is 2.43. The molecule has 282 valence electrons. The van der Waals surface area contributed by atoms with Gasteiger partial charge in [0, 0.05) is 34.2 Å². The summed E-state index contributed by atoms with van der Waals surface area (Å²) in [6.45, 7) is 0. The molecule has 53 heavy (non-hydrogen) atoms. The first-order valence-electron chi connectivity index (χ1n) is 16.2. The average molecular weight is 824 g/mol. The minimum Gasteiger partial charge on any atom is -0.478 e. The third-order valence-electron chi connectivity index (χ3n) is 8.60. The van der Waals surface area contributed by atoms with Crippen molar-refractivity contribution in [3.8, 4) is 5.75 Å². The van der Waals surface area contributed by atoms with Gasteiger partial charge < -0.3 is 30.3 Å². The van der Waals surface area contributed by atoms with E-state index in [1.54, 1.807) is 4.90 Å². The normalized spacial score (nSPS) is 16.2. The van der Waals surface area contributed by atoms with E-state index in [0.29, 0.717) is 12.1 Å². The third kappa shape index (κ3) is 8.69. The number of esters is 1. The molecule has 4 aliphatic rings. The zero-order valence-corrected chi connectivity index (χ0v) is 30.1. The molecule has 19 heteroatoms. The second-order valence-corrected chi connectivity index (χ2v) is 14.5. The predicted octanol–water partition coefficient (Wildman–Crippen LogP) is 9.92. The van der Waals surface area contributed by atoms with E-state index in [1.807, 2.05) is 4.90 Å². The van der Waals surface area contributed by atoms with Gasteiger partial charge in [-0.05, 0) is 75.6 Å². The molecule has 10 nitrogen and oxygen atoms in total. The number of carboxylic acid groups (broad SMARTS) is 1. The zero-order chi connectivity index (χ0) is 38.5. The minimum atomic E-state index is -2.40. The number of nitrogens with zero attached hydrogens (tertiary/aromatic N) is 2. The molecule has 3 N–H and O–H groups in total. The van der Waals surface area contributed by atoms with Gasteiger partial charge >= 0.3 is 24.0 Å². The summed E-state index contributed by atoms with van der Waals surface area (Å²) in [4.78, 5) is 52.2. The van der Waals surface area contributed by atoms with Crippen molar-refractivity contribution in [2.24, 2.45) is 0 Å². The minimum absolute atomic E-state index is 0.00760. The van der Waals surface area contributed by atoms with Crippen molar-refractivity contribution >= 4 is 81.8 Å². The van der Waals surface area contributed by atoms with Crippen LogP contribution in [-0.4, -0.2) is 63.1 Å². The topological polar surface area (TPSA) is 128 Å².